The standard InChI is InChI=1S/C14H17NO4/c1-8(2)12-14(17)15(3)10-5-9(7-16)6-11(18-4)13(10)19-12/h5-8,12H,1-4H3. The number of hydrogen-bond acceptors (Lipinski definition) is 4. The summed E-state index contributed by atoms with van der Waals surface area (Å²) in [6, 6.07) is 3.23. The number of anilines is 1. The zero-order valence-corrected chi connectivity index (χ0v) is 11.5. The van der Waals surface area contributed by atoms with Crippen LogP contribution in [-0.4, -0.2) is 32.5 Å². The van der Waals surface area contributed by atoms with Gasteiger partial charge in [-0.3, -0.25) is 9.59 Å². The average Bonchev–Trinajstić information content (AvgIpc) is 2.41. The van der Waals surface area contributed by atoms with E-state index in [2.05, 4.69) is 0 Å². The molecule has 1 aliphatic heterocycles. The van der Waals surface area contributed by atoms with Gasteiger partial charge in [-0.2, -0.15) is 0 Å². The summed E-state index contributed by atoms with van der Waals surface area (Å²) < 4.78 is 11.0. The summed E-state index contributed by atoms with van der Waals surface area (Å²) in [5, 5.41) is 0. The van der Waals surface area contributed by atoms with Crippen molar-refractivity contribution in [2.45, 2.75) is 20.0 Å². The van der Waals surface area contributed by atoms with Crippen LogP contribution in [0.5, 0.6) is 11.5 Å². The Labute approximate surface area is 112 Å². The van der Waals surface area contributed by atoms with Crippen LogP contribution in [0, 0.1) is 5.92 Å². The molecule has 0 spiro atoms. The number of nitrogens with zero attached hydrogens (tertiary/aromatic N) is 1. The fourth-order valence-corrected chi connectivity index (χ4v) is 2.10. The van der Waals surface area contributed by atoms with E-state index in [9.17, 15) is 9.59 Å². The number of aldehydes is 1. The third-order valence-corrected chi connectivity index (χ3v) is 3.20. The molecular formula is C14H17NO4. The van der Waals surface area contributed by atoms with Gasteiger partial charge >= 0.3 is 0 Å². The van der Waals surface area contributed by atoms with Crippen LogP contribution in [0.3, 0.4) is 0 Å². The minimum Gasteiger partial charge on any atom is -0.493 e. The summed E-state index contributed by atoms with van der Waals surface area (Å²) in [6.07, 6.45) is 0.184. The quantitative estimate of drug-likeness (QED) is 0.781. The third-order valence-electron chi connectivity index (χ3n) is 3.20. The molecule has 1 unspecified atom stereocenters. The fourth-order valence-electron chi connectivity index (χ4n) is 2.10. The number of ether oxygens (including phenoxy) is 2. The van der Waals surface area contributed by atoms with Crippen molar-refractivity contribution in [2.24, 2.45) is 5.92 Å². The van der Waals surface area contributed by atoms with Crippen LogP contribution < -0.4 is 14.4 Å². The molecular weight excluding hydrogens is 246 g/mol. The Morgan fingerprint density at radius 3 is 2.63 bits per heavy atom. The Balaban J connectivity index is 2.57. The molecule has 0 bridgehead atoms. The van der Waals surface area contributed by atoms with Crippen LogP contribution in [0.15, 0.2) is 12.1 Å². The largest absolute Gasteiger partial charge is 0.493 e. The normalized spacial score (nSPS) is 18.1. The van der Waals surface area contributed by atoms with E-state index in [0.29, 0.717) is 22.7 Å². The maximum absolute atomic E-state index is 12.2. The SMILES string of the molecule is COc1cc(C=O)cc2c1OC(C(C)C)C(=O)N2C. The summed E-state index contributed by atoms with van der Waals surface area (Å²) >= 11 is 0. The van der Waals surface area contributed by atoms with Crippen molar-refractivity contribution in [2.75, 3.05) is 19.1 Å². The van der Waals surface area contributed by atoms with Gasteiger partial charge in [-0.1, -0.05) is 13.8 Å². The first kappa shape index (κ1) is 13.4. The molecule has 1 heterocycles. The second kappa shape index (κ2) is 4.91. The molecule has 19 heavy (non-hydrogen) atoms. The maximum atomic E-state index is 12.2. The molecule has 0 saturated carbocycles. The van der Waals surface area contributed by atoms with Gasteiger partial charge in [0.05, 0.1) is 12.8 Å². The molecule has 0 aromatic heterocycles. The van der Waals surface area contributed by atoms with E-state index in [0.717, 1.165) is 6.29 Å². The molecule has 5 nitrogen and oxygen atoms in total. The van der Waals surface area contributed by atoms with Crippen LogP contribution in [0.2, 0.25) is 0 Å². The number of benzene rings is 1. The highest BCUT2D eigenvalue weighted by atomic mass is 16.5. The lowest BCUT2D eigenvalue weighted by Gasteiger charge is -2.34. The van der Waals surface area contributed by atoms with Crippen molar-refractivity contribution in [1.29, 1.82) is 0 Å². The van der Waals surface area contributed by atoms with Gasteiger partial charge in [-0.15, -0.1) is 0 Å². The van der Waals surface area contributed by atoms with Crippen molar-refractivity contribution in [3.05, 3.63) is 17.7 Å². The predicted octanol–water partition coefficient (Wildman–Crippen LogP) is 1.89. The third kappa shape index (κ3) is 2.16. The Bertz CT molecular complexity index is 524. The van der Waals surface area contributed by atoms with Gasteiger partial charge in [-0.25, -0.2) is 0 Å². The molecule has 2 rings (SSSR count). The first-order chi connectivity index (χ1) is 8.99. The number of carbonyl (C=O) groups is 2. The topological polar surface area (TPSA) is 55.8 Å². The molecule has 1 atom stereocenters. The van der Waals surface area contributed by atoms with Gasteiger partial charge < -0.3 is 14.4 Å². The Kier molecular flexibility index (Phi) is 3.46. The van der Waals surface area contributed by atoms with E-state index >= 15 is 0 Å². The van der Waals surface area contributed by atoms with Gasteiger partial charge in [0.1, 0.15) is 6.29 Å². The number of fused-ring (bicyclic) bond motifs is 1. The smallest absolute Gasteiger partial charge is 0.268 e. The van der Waals surface area contributed by atoms with E-state index in [1.807, 2.05) is 13.8 Å². The molecule has 1 aromatic carbocycles. The highest BCUT2D eigenvalue weighted by Gasteiger charge is 2.36. The van der Waals surface area contributed by atoms with E-state index in [4.69, 9.17) is 9.47 Å². The number of amides is 1. The molecule has 0 radical (unpaired) electrons. The second-order valence-corrected chi connectivity index (χ2v) is 4.87. The minimum atomic E-state index is -0.534. The molecule has 102 valence electrons. The number of likely N-dealkylation sites (N-methyl/N-ethyl adjacent to an activating group) is 1. The molecule has 0 aliphatic carbocycles. The number of methoxy groups -OCH3 is 1. The average molecular weight is 263 g/mol. The number of rotatable bonds is 3. The second-order valence-electron chi connectivity index (χ2n) is 4.87. The summed E-state index contributed by atoms with van der Waals surface area (Å²) in [5.41, 5.74) is 1.00. The number of hydrogen-bond donors (Lipinski definition) is 0. The lowest BCUT2D eigenvalue weighted by Crippen LogP contribution is -2.46. The number of carbonyl (C=O) groups excluding carboxylic acids is 2. The molecule has 0 fully saturated rings. The van der Waals surface area contributed by atoms with Gasteiger partial charge in [-0.05, 0) is 18.1 Å². The van der Waals surface area contributed by atoms with Crippen molar-refractivity contribution >= 4 is 17.9 Å². The van der Waals surface area contributed by atoms with E-state index in [1.54, 1.807) is 19.2 Å². The predicted molar refractivity (Wildman–Crippen MR) is 71.0 cm³/mol. The Hall–Kier alpha value is -2.04. The summed E-state index contributed by atoms with van der Waals surface area (Å²) in [6.45, 7) is 3.85. The van der Waals surface area contributed by atoms with Crippen molar-refractivity contribution in [1.82, 2.24) is 0 Å². The molecule has 1 amide bonds. The molecule has 1 aliphatic rings. The first-order valence-corrected chi connectivity index (χ1v) is 6.11. The van der Waals surface area contributed by atoms with Crippen molar-refractivity contribution in [3.63, 3.8) is 0 Å². The van der Waals surface area contributed by atoms with E-state index in [-0.39, 0.29) is 11.8 Å². The lowest BCUT2D eigenvalue weighted by molar-refractivity contribution is -0.127. The van der Waals surface area contributed by atoms with Crippen molar-refractivity contribution in [3.8, 4) is 11.5 Å². The van der Waals surface area contributed by atoms with Gasteiger partial charge in [0, 0.05) is 12.6 Å². The maximum Gasteiger partial charge on any atom is 0.268 e. The highest BCUT2D eigenvalue weighted by Crippen LogP contribution is 2.42. The zero-order chi connectivity index (χ0) is 14.2. The van der Waals surface area contributed by atoms with E-state index in [1.165, 1.54) is 12.0 Å². The fraction of sp³-hybridized carbons (Fsp3) is 0.429. The van der Waals surface area contributed by atoms with Crippen LogP contribution in [-0.2, 0) is 4.79 Å². The van der Waals surface area contributed by atoms with Crippen LogP contribution in [0.25, 0.3) is 0 Å². The van der Waals surface area contributed by atoms with Gasteiger partial charge in [0.25, 0.3) is 5.91 Å². The lowest BCUT2D eigenvalue weighted by atomic mass is 10.0. The van der Waals surface area contributed by atoms with Crippen LogP contribution >= 0.6 is 0 Å². The minimum absolute atomic E-state index is 0.0542. The molecule has 0 N–H and O–H groups in total. The Morgan fingerprint density at radius 2 is 2.11 bits per heavy atom. The van der Waals surface area contributed by atoms with Crippen molar-refractivity contribution < 1.29 is 19.1 Å². The molecule has 5 heteroatoms. The van der Waals surface area contributed by atoms with Crippen LogP contribution in [0.4, 0.5) is 5.69 Å². The van der Waals surface area contributed by atoms with Crippen LogP contribution in [0.1, 0.15) is 24.2 Å². The van der Waals surface area contributed by atoms with Gasteiger partial charge in [0.15, 0.2) is 17.6 Å². The Morgan fingerprint density at radius 1 is 1.42 bits per heavy atom. The van der Waals surface area contributed by atoms with Gasteiger partial charge in [0.2, 0.25) is 0 Å². The first-order valence-electron chi connectivity index (χ1n) is 6.11. The molecule has 1 aromatic rings. The zero-order valence-electron chi connectivity index (χ0n) is 11.5. The van der Waals surface area contributed by atoms with E-state index < -0.39 is 6.10 Å². The molecule has 0 saturated heterocycles. The highest BCUT2D eigenvalue weighted by molar-refractivity contribution is 6.01. The summed E-state index contributed by atoms with van der Waals surface area (Å²) in [4.78, 5) is 24.6. The summed E-state index contributed by atoms with van der Waals surface area (Å²) in [5.74, 6) is 0.907. The summed E-state index contributed by atoms with van der Waals surface area (Å²) in [7, 11) is 3.18. The monoisotopic (exact) mass is 263 g/mol.